The fourth-order valence-electron chi connectivity index (χ4n) is 3.24. The molecule has 1 unspecified atom stereocenters. The van der Waals surface area contributed by atoms with Crippen molar-refractivity contribution in [1.29, 1.82) is 0 Å². The maximum atomic E-state index is 9.69. The van der Waals surface area contributed by atoms with E-state index < -0.39 is 0 Å². The van der Waals surface area contributed by atoms with Gasteiger partial charge in [0.1, 0.15) is 0 Å². The summed E-state index contributed by atoms with van der Waals surface area (Å²) >= 11 is 6.19. The summed E-state index contributed by atoms with van der Waals surface area (Å²) in [5.41, 5.74) is 3.68. The number of phenolic OH excluding ortho intramolecular Hbond substituents is 2. The van der Waals surface area contributed by atoms with Crippen molar-refractivity contribution >= 4 is 11.6 Å². The molecule has 5 heteroatoms. The highest BCUT2D eigenvalue weighted by Gasteiger charge is 2.26. The van der Waals surface area contributed by atoms with Gasteiger partial charge in [-0.25, -0.2) is 0 Å². The molecule has 0 amide bonds. The van der Waals surface area contributed by atoms with Crippen molar-refractivity contribution in [2.45, 2.75) is 73.3 Å². The van der Waals surface area contributed by atoms with Crippen molar-refractivity contribution in [3.63, 3.8) is 0 Å². The average molecular weight is 412 g/mol. The maximum absolute atomic E-state index is 9.69. The zero-order chi connectivity index (χ0) is 21.7. The van der Waals surface area contributed by atoms with Crippen molar-refractivity contribution in [2.24, 2.45) is 0 Å². The highest BCUT2D eigenvalue weighted by Crippen LogP contribution is 2.36. The minimum absolute atomic E-state index is 0.130. The zero-order valence-electron chi connectivity index (χ0n) is 18.5. The van der Waals surface area contributed by atoms with Gasteiger partial charge in [-0.3, -0.25) is 0 Å². The summed E-state index contributed by atoms with van der Waals surface area (Å²) in [5, 5.41) is 23.2. The SMILES string of the molecule is CC.CC.CC.COC1=CCC2=C(CCNC2Cc2cc(O)c(O)cc2Cl)C1. The van der Waals surface area contributed by atoms with Crippen LogP contribution in [0.2, 0.25) is 5.02 Å². The standard InChI is InChI=1S/C17H20ClNO3.3C2H6/c1-22-12-2-3-13-10(6-12)4-5-19-15(13)7-11-8-16(20)17(21)9-14(11)18;3*1-2/h2,8-9,15,19-21H,3-7H2,1H3;3*1-2H3. The molecule has 1 aromatic carbocycles. The first kappa shape index (κ1) is 26.4. The third kappa shape index (κ3) is 7.06. The molecule has 0 radical (unpaired) electrons. The van der Waals surface area contributed by atoms with E-state index >= 15 is 0 Å². The molecule has 0 saturated heterocycles. The number of aromatic hydroxyl groups is 2. The Labute approximate surface area is 176 Å². The Kier molecular flexibility index (Phi) is 13.5. The summed E-state index contributed by atoms with van der Waals surface area (Å²) < 4.78 is 5.37. The van der Waals surface area contributed by atoms with Crippen LogP contribution >= 0.6 is 11.6 Å². The smallest absolute Gasteiger partial charge is 0.158 e. The summed E-state index contributed by atoms with van der Waals surface area (Å²) in [4.78, 5) is 0. The van der Waals surface area contributed by atoms with E-state index in [2.05, 4.69) is 11.4 Å². The second kappa shape index (κ2) is 14.4. The number of hydrogen-bond acceptors (Lipinski definition) is 4. The molecule has 0 bridgehead atoms. The van der Waals surface area contributed by atoms with E-state index in [1.165, 1.54) is 17.2 Å². The fourth-order valence-corrected chi connectivity index (χ4v) is 3.48. The van der Waals surface area contributed by atoms with Crippen molar-refractivity contribution in [3.05, 3.63) is 45.7 Å². The lowest BCUT2D eigenvalue weighted by Gasteiger charge is -2.32. The Morgan fingerprint density at radius 2 is 1.68 bits per heavy atom. The van der Waals surface area contributed by atoms with Crippen LogP contribution in [0.25, 0.3) is 0 Å². The van der Waals surface area contributed by atoms with E-state index in [4.69, 9.17) is 16.3 Å². The lowest BCUT2D eigenvalue weighted by molar-refractivity contribution is 0.276. The number of hydrogen-bond donors (Lipinski definition) is 3. The fraction of sp³-hybridized carbons (Fsp3) is 0.565. The molecule has 0 saturated carbocycles. The van der Waals surface area contributed by atoms with Crippen molar-refractivity contribution < 1.29 is 14.9 Å². The first-order valence-electron chi connectivity index (χ1n) is 10.5. The molecule has 4 nitrogen and oxygen atoms in total. The summed E-state index contributed by atoms with van der Waals surface area (Å²) in [6.45, 7) is 12.9. The van der Waals surface area contributed by atoms with Gasteiger partial charge >= 0.3 is 0 Å². The molecular formula is C23H38ClNO3. The van der Waals surface area contributed by atoms with E-state index in [0.717, 1.165) is 37.1 Å². The summed E-state index contributed by atoms with van der Waals surface area (Å²) in [5.74, 6) is 0.727. The van der Waals surface area contributed by atoms with Crippen LogP contribution in [-0.2, 0) is 11.2 Å². The molecule has 1 aliphatic carbocycles. The van der Waals surface area contributed by atoms with Gasteiger partial charge in [-0.1, -0.05) is 58.7 Å². The lowest BCUT2D eigenvalue weighted by Crippen LogP contribution is -2.39. The van der Waals surface area contributed by atoms with Crippen LogP contribution in [0.15, 0.2) is 35.1 Å². The van der Waals surface area contributed by atoms with Gasteiger partial charge < -0.3 is 20.3 Å². The predicted octanol–water partition coefficient (Wildman–Crippen LogP) is 6.35. The number of rotatable bonds is 3. The summed E-state index contributed by atoms with van der Waals surface area (Å²) in [6, 6.07) is 3.15. The van der Waals surface area contributed by atoms with Gasteiger partial charge in [-0.2, -0.15) is 0 Å². The molecule has 28 heavy (non-hydrogen) atoms. The number of nitrogens with one attached hydrogen (secondary N) is 1. The summed E-state index contributed by atoms with van der Waals surface area (Å²) in [7, 11) is 1.72. The number of benzene rings is 1. The Morgan fingerprint density at radius 3 is 2.29 bits per heavy atom. The van der Waals surface area contributed by atoms with Crippen LogP contribution < -0.4 is 5.32 Å². The molecule has 1 heterocycles. The average Bonchev–Trinajstić information content (AvgIpc) is 2.76. The minimum Gasteiger partial charge on any atom is -0.504 e. The van der Waals surface area contributed by atoms with E-state index in [-0.39, 0.29) is 17.5 Å². The Balaban J connectivity index is 0.00000111. The maximum Gasteiger partial charge on any atom is 0.158 e. The third-order valence-corrected chi connectivity index (χ3v) is 4.81. The largest absolute Gasteiger partial charge is 0.504 e. The molecule has 3 rings (SSSR count). The zero-order valence-corrected chi connectivity index (χ0v) is 19.3. The lowest BCUT2D eigenvalue weighted by atomic mass is 9.83. The Bertz CT molecular complexity index is 653. The molecule has 1 aromatic rings. The monoisotopic (exact) mass is 411 g/mol. The van der Waals surface area contributed by atoms with Gasteiger partial charge in [0.25, 0.3) is 0 Å². The molecule has 160 valence electrons. The molecule has 1 atom stereocenters. The molecule has 1 aliphatic heterocycles. The first-order valence-corrected chi connectivity index (χ1v) is 10.8. The molecule has 3 N–H and O–H groups in total. The summed E-state index contributed by atoms with van der Waals surface area (Å²) in [6.07, 6.45) is 5.65. The second-order valence-corrected chi connectivity index (χ2v) is 6.18. The molecular weight excluding hydrogens is 374 g/mol. The molecule has 0 aromatic heterocycles. The minimum atomic E-state index is -0.185. The highest BCUT2D eigenvalue weighted by molar-refractivity contribution is 6.31. The number of methoxy groups -OCH3 is 1. The van der Waals surface area contributed by atoms with Crippen LogP contribution in [-0.4, -0.2) is 29.9 Å². The number of halogens is 1. The van der Waals surface area contributed by atoms with Gasteiger partial charge in [-0.05, 0) is 49.1 Å². The van der Waals surface area contributed by atoms with E-state index in [9.17, 15) is 10.2 Å². The van der Waals surface area contributed by atoms with E-state index in [1.807, 2.05) is 41.5 Å². The third-order valence-electron chi connectivity index (χ3n) is 4.46. The van der Waals surface area contributed by atoms with Gasteiger partial charge in [-0.15, -0.1) is 0 Å². The first-order chi connectivity index (χ1) is 13.6. The van der Waals surface area contributed by atoms with Crippen LogP contribution in [0, 0.1) is 0 Å². The van der Waals surface area contributed by atoms with E-state index in [0.29, 0.717) is 11.4 Å². The van der Waals surface area contributed by atoms with E-state index in [1.54, 1.807) is 13.2 Å². The van der Waals surface area contributed by atoms with Crippen molar-refractivity contribution in [2.75, 3.05) is 13.7 Å². The van der Waals surface area contributed by atoms with Crippen molar-refractivity contribution in [3.8, 4) is 11.5 Å². The van der Waals surface area contributed by atoms with Crippen LogP contribution in [0.5, 0.6) is 11.5 Å². The van der Waals surface area contributed by atoms with Crippen molar-refractivity contribution in [1.82, 2.24) is 5.32 Å². The van der Waals surface area contributed by atoms with Gasteiger partial charge in [0.05, 0.1) is 12.9 Å². The number of ether oxygens (including phenoxy) is 1. The number of allylic oxidation sites excluding steroid dienone is 2. The normalized spacial score (nSPS) is 17.4. The van der Waals surface area contributed by atoms with Gasteiger partial charge in [0.2, 0.25) is 0 Å². The predicted molar refractivity (Wildman–Crippen MR) is 120 cm³/mol. The molecule has 2 aliphatic rings. The van der Waals surface area contributed by atoms with Crippen LogP contribution in [0.4, 0.5) is 0 Å². The Hall–Kier alpha value is -1.65. The van der Waals surface area contributed by atoms with Crippen LogP contribution in [0.1, 0.15) is 66.4 Å². The second-order valence-electron chi connectivity index (χ2n) is 5.78. The molecule has 0 spiro atoms. The molecule has 0 fully saturated rings. The van der Waals surface area contributed by atoms with Crippen LogP contribution in [0.3, 0.4) is 0 Å². The number of phenols is 2. The van der Waals surface area contributed by atoms with Gasteiger partial charge in [0.15, 0.2) is 11.5 Å². The highest BCUT2D eigenvalue weighted by atomic mass is 35.5. The van der Waals surface area contributed by atoms with Gasteiger partial charge in [0, 0.05) is 23.6 Å². The Morgan fingerprint density at radius 1 is 1.07 bits per heavy atom. The topological polar surface area (TPSA) is 61.7 Å². The quantitative estimate of drug-likeness (QED) is 0.400.